The van der Waals surface area contributed by atoms with Gasteiger partial charge in [0.15, 0.2) is 5.96 Å². The normalized spacial score (nSPS) is 13.7. The average Bonchev–Trinajstić information content (AvgIpc) is 3.33. The highest BCUT2D eigenvalue weighted by molar-refractivity contribution is 6.21. The predicted octanol–water partition coefficient (Wildman–Crippen LogP) is 3.26. The zero-order chi connectivity index (χ0) is 22.5. The van der Waals surface area contributed by atoms with Crippen LogP contribution in [0.15, 0.2) is 53.7 Å². The van der Waals surface area contributed by atoms with E-state index in [1.807, 2.05) is 0 Å². The molecule has 0 atom stereocenters. The topological polar surface area (TPSA) is 89.6 Å². The summed E-state index contributed by atoms with van der Waals surface area (Å²) < 4.78 is 0. The molecule has 0 saturated heterocycles. The highest BCUT2D eigenvalue weighted by Gasteiger charge is 2.34. The minimum absolute atomic E-state index is 0.191. The van der Waals surface area contributed by atoms with Crippen molar-refractivity contribution >= 4 is 28.7 Å². The maximum atomic E-state index is 12.4. The molecule has 2 aromatic carbocycles. The van der Waals surface area contributed by atoms with Gasteiger partial charge in [-0.25, -0.2) is 0 Å². The molecule has 2 heterocycles. The Balaban J connectivity index is 1.18. The Labute approximate surface area is 187 Å². The first kappa shape index (κ1) is 21.6. The fraction of sp³-hybridized carbons (Fsp3) is 0.320. The molecule has 0 radical (unpaired) electrons. The number of carbonyl (C=O) groups is 2. The maximum absolute atomic E-state index is 12.4. The average molecular weight is 432 g/mol. The molecule has 0 spiro atoms. The van der Waals surface area contributed by atoms with Crippen molar-refractivity contribution in [3.05, 3.63) is 70.9 Å². The summed E-state index contributed by atoms with van der Waals surface area (Å²) in [5.41, 5.74) is 4.75. The molecule has 0 bridgehead atoms. The summed E-state index contributed by atoms with van der Waals surface area (Å²) >= 11 is 0. The third-order valence-corrected chi connectivity index (χ3v) is 5.89. The van der Waals surface area contributed by atoms with Crippen molar-refractivity contribution in [1.29, 1.82) is 0 Å². The first-order chi connectivity index (χ1) is 15.6. The van der Waals surface area contributed by atoms with Crippen LogP contribution in [0.2, 0.25) is 0 Å². The summed E-state index contributed by atoms with van der Waals surface area (Å²) in [6.07, 6.45) is 4.54. The van der Waals surface area contributed by atoms with Crippen LogP contribution < -0.4 is 10.6 Å². The first-order valence-corrected chi connectivity index (χ1v) is 11.1. The van der Waals surface area contributed by atoms with E-state index in [0.717, 1.165) is 38.3 Å². The van der Waals surface area contributed by atoms with Crippen LogP contribution in [0.3, 0.4) is 0 Å². The van der Waals surface area contributed by atoms with Crippen molar-refractivity contribution in [3.8, 4) is 0 Å². The molecule has 0 saturated carbocycles. The standard InChI is InChI=1S/C25H29N5O2/c1-17-8-7-11-21-22(17)18(16-29-21)12-14-28-25(26-2)27-13-5-6-15-30-23(31)19-9-3-4-10-20(19)24(30)32/h3-4,7-11,16,29H,5-6,12-15H2,1-2H3,(H2,26,27,28). The molecule has 7 nitrogen and oxygen atoms in total. The van der Waals surface area contributed by atoms with Crippen molar-refractivity contribution in [3.63, 3.8) is 0 Å². The van der Waals surface area contributed by atoms with Crippen LogP contribution in [-0.2, 0) is 6.42 Å². The van der Waals surface area contributed by atoms with Gasteiger partial charge in [0.1, 0.15) is 0 Å². The van der Waals surface area contributed by atoms with E-state index in [9.17, 15) is 9.59 Å². The quantitative estimate of drug-likeness (QED) is 0.221. The number of aliphatic imine (C=N–C) groups is 1. The summed E-state index contributed by atoms with van der Waals surface area (Å²) in [5.74, 6) is 0.370. The number of aromatic amines is 1. The number of nitrogens with one attached hydrogen (secondary N) is 3. The minimum atomic E-state index is -0.191. The van der Waals surface area contributed by atoms with Gasteiger partial charge >= 0.3 is 0 Å². The van der Waals surface area contributed by atoms with Gasteiger partial charge in [-0.3, -0.25) is 19.5 Å². The Morgan fingerprint density at radius 2 is 1.69 bits per heavy atom. The van der Waals surface area contributed by atoms with Gasteiger partial charge in [0.05, 0.1) is 11.1 Å². The number of amides is 2. The smallest absolute Gasteiger partial charge is 0.261 e. The molecular formula is C25H29N5O2. The van der Waals surface area contributed by atoms with Gasteiger partial charge in [-0.05, 0) is 55.5 Å². The Hall–Kier alpha value is -3.61. The van der Waals surface area contributed by atoms with Gasteiger partial charge in [0.25, 0.3) is 11.8 Å². The fourth-order valence-electron chi connectivity index (χ4n) is 4.23. The molecule has 166 valence electrons. The second kappa shape index (κ2) is 9.68. The summed E-state index contributed by atoms with van der Waals surface area (Å²) in [6.45, 7) is 4.06. The van der Waals surface area contributed by atoms with Crippen molar-refractivity contribution in [2.45, 2.75) is 26.2 Å². The molecular weight excluding hydrogens is 402 g/mol. The van der Waals surface area contributed by atoms with E-state index in [0.29, 0.717) is 17.7 Å². The Morgan fingerprint density at radius 3 is 2.41 bits per heavy atom. The lowest BCUT2D eigenvalue weighted by Crippen LogP contribution is -2.39. The van der Waals surface area contributed by atoms with E-state index in [4.69, 9.17) is 0 Å². The highest BCUT2D eigenvalue weighted by atomic mass is 16.2. The zero-order valence-electron chi connectivity index (χ0n) is 18.6. The molecule has 1 aliphatic rings. The zero-order valence-corrected chi connectivity index (χ0v) is 18.6. The number of fused-ring (bicyclic) bond motifs is 2. The largest absolute Gasteiger partial charge is 0.361 e. The Kier molecular flexibility index (Phi) is 6.54. The summed E-state index contributed by atoms with van der Waals surface area (Å²) in [6, 6.07) is 13.3. The van der Waals surface area contributed by atoms with Crippen molar-refractivity contribution in [1.82, 2.24) is 20.5 Å². The Morgan fingerprint density at radius 1 is 0.969 bits per heavy atom. The number of unbranched alkanes of at least 4 members (excludes halogenated alkanes) is 1. The van der Waals surface area contributed by atoms with Gasteiger partial charge in [0, 0.05) is 43.8 Å². The SMILES string of the molecule is CN=C(NCCCCN1C(=O)c2ccccc2C1=O)NCCc1c[nH]c2cccc(C)c12. The number of aryl methyl sites for hydroxylation is 1. The molecule has 3 aromatic rings. The molecule has 0 fully saturated rings. The fourth-order valence-corrected chi connectivity index (χ4v) is 4.23. The van der Waals surface area contributed by atoms with Crippen molar-refractivity contribution in [2.75, 3.05) is 26.7 Å². The first-order valence-electron chi connectivity index (χ1n) is 11.1. The third-order valence-electron chi connectivity index (χ3n) is 5.89. The van der Waals surface area contributed by atoms with Crippen LogP contribution in [0.5, 0.6) is 0 Å². The van der Waals surface area contributed by atoms with E-state index in [2.05, 4.69) is 51.9 Å². The predicted molar refractivity (Wildman–Crippen MR) is 127 cm³/mol. The van der Waals surface area contributed by atoms with Crippen LogP contribution >= 0.6 is 0 Å². The van der Waals surface area contributed by atoms with Gasteiger partial charge in [-0.15, -0.1) is 0 Å². The van der Waals surface area contributed by atoms with Gasteiger partial charge in [-0.1, -0.05) is 24.3 Å². The van der Waals surface area contributed by atoms with E-state index in [1.54, 1.807) is 31.3 Å². The number of guanidine groups is 1. The number of rotatable bonds is 8. The maximum Gasteiger partial charge on any atom is 0.261 e. The summed E-state index contributed by atoms with van der Waals surface area (Å²) in [4.78, 5) is 33.8. The number of imide groups is 1. The summed E-state index contributed by atoms with van der Waals surface area (Å²) in [5, 5.41) is 7.96. The molecule has 1 aliphatic heterocycles. The van der Waals surface area contributed by atoms with Crippen LogP contribution in [0.25, 0.3) is 10.9 Å². The molecule has 1 aromatic heterocycles. The van der Waals surface area contributed by atoms with Crippen molar-refractivity contribution in [2.24, 2.45) is 4.99 Å². The number of benzene rings is 2. The summed E-state index contributed by atoms with van der Waals surface area (Å²) in [7, 11) is 1.75. The van der Waals surface area contributed by atoms with Gasteiger partial charge in [0.2, 0.25) is 0 Å². The lowest BCUT2D eigenvalue weighted by atomic mass is 10.1. The molecule has 3 N–H and O–H groups in total. The molecule has 4 rings (SSSR count). The van der Waals surface area contributed by atoms with E-state index in [1.165, 1.54) is 26.9 Å². The molecule has 7 heteroatoms. The highest BCUT2D eigenvalue weighted by Crippen LogP contribution is 2.23. The van der Waals surface area contributed by atoms with Crippen LogP contribution in [-0.4, -0.2) is 54.3 Å². The van der Waals surface area contributed by atoms with Crippen LogP contribution in [0.1, 0.15) is 44.7 Å². The number of carbonyl (C=O) groups excluding carboxylic acids is 2. The lowest BCUT2D eigenvalue weighted by molar-refractivity contribution is 0.0652. The minimum Gasteiger partial charge on any atom is -0.361 e. The second-order valence-electron chi connectivity index (χ2n) is 8.00. The number of hydrogen-bond acceptors (Lipinski definition) is 3. The monoisotopic (exact) mass is 431 g/mol. The molecule has 0 unspecified atom stereocenters. The lowest BCUT2D eigenvalue weighted by Gasteiger charge is -2.15. The van der Waals surface area contributed by atoms with Crippen LogP contribution in [0.4, 0.5) is 0 Å². The van der Waals surface area contributed by atoms with E-state index in [-0.39, 0.29) is 11.8 Å². The van der Waals surface area contributed by atoms with Gasteiger partial charge in [-0.2, -0.15) is 0 Å². The number of hydrogen-bond donors (Lipinski definition) is 3. The molecule has 2 amide bonds. The number of aromatic nitrogens is 1. The molecule has 32 heavy (non-hydrogen) atoms. The number of nitrogens with zero attached hydrogens (tertiary/aromatic N) is 2. The second-order valence-corrected chi connectivity index (χ2v) is 8.00. The van der Waals surface area contributed by atoms with Gasteiger partial charge < -0.3 is 15.6 Å². The molecule has 0 aliphatic carbocycles. The van der Waals surface area contributed by atoms with E-state index < -0.39 is 0 Å². The Bertz CT molecular complexity index is 1130. The van der Waals surface area contributed by atoms with E-state index >= 15 is 0 Å². The van der Waals surface area contributed by atoms with Crippen LogP contribution in [0, 0.1) is 6.92 Å². The third kappa shape index (κ3) is 4.37. The number of H-pyrrole nitrogens is 1. The van der Waals surface area contributed by atoms with Crippen molar-refractivity contribution < 1.29 is 9.59 Å².